The summed E-state index contributed by atoms with van der Waals surface area (Å²) in [5.41, 5.74) is 3.49. The molecular weight excluding hydrogens is 352 g/mol. The molecule has 0 N–H and O–H groups in total. The minimum absolute atomic E-state index is 0.00207. The SMILES string of the molecule is O=C(/C=C/C(c1ccccc1)(c1ccccc1)c1ccccc1)c1ccccc1. The van der Waals surface area contributed by atoms with Gasteiger partial charge in [-0.15, -0.1) is 0 Å². The third-order valence-corrected chi connectivity index (χ3v) is 5.23. The van der Waals surface area contributed by atoms with Gasteiger partial charge in [-0.05, 0) is 22.8 Å². The highest BCUT2D eigenvalue weighted by atomic mass is 16.1. The standard InChI is InChI=1S/C28H22O/c29-27(23-13-5-1-6-14-23)21-22-28(24-15-7-2-8-16-24,25-17-9-3-10-18-25)26-19-11-4-12-20-26/h1-22H/b22-21+. The number of hydrogen-bond acceptors (Lipinski definition) is 1. The zero-order valence-electron chi connectivity index (χ0n) is 16.1. The lowest BCUT2D eigenvalue weighted by atomic mass is 9.69. The Balaban J connectivity index is 1.93. The maximum atomic E-state index is 12.9. The molecule has 0 unspecified atom stereocenters. The van der Waals surface area contributed by atoms with E-state index in [1.54, 1.807) is 6.08 Å². The van der Waals surface area contributed by atoms with Gasteiger partial charge in [0.15, 0.2) is 5.78 Å². The molecule has 0 spiro atoms. The Bertz CT molecular complexity index is 985. The molecule has 4 aromatic rings. The fraction of sp³-hybridized carbons (Fsp3) is 0.0357. The summed E-state index contributed by atoms with van der Waals surface area (Å²) in [4.78, 5) is 12.9. The van der Waals surface area contributed by atoms with Crippen molar-refractivity contribution in [2.75, 3.05) is 0 Å². The third kappa shape index (κ3) is 3.81. The molecule has 29 heavy (non-hydrogen) atoms. The summed E-state index contributed by atoms with van der Waals surface area (Å²) in [6.07, 6.45) is 3.75. The molecule has 0 bridgehead atoms. The largest absolute Gasteiger partial charge is 0.289 e. The molecule has 0 fully saturated rings. The highest BCUT2D eigenvalue weighted by molar-refractivity contribution is 6.04. The summed E-state index contributed by atoms with van der Waals surface area (Å²) in [6.45, 7) is 0. The molecule has 0 aromatic heterocycles. The lowest BCUT2D eigenvalue weighted by molar-refractivity contribution is 0.104. The Hall–Kier alpha value is -3.71. The van der Waals surface area contributed by atoms with Gasteiger partial charge in [-0.25, -0.2) is 0 Å². The average Bonchev–Trinajstić information content (AvgIpc) is 2.82. The first kappa shape index (κ1) is 18.6. The van der Waals surface area contributed by atoms with Crippen molar-refractivity contribution in [3.05, 3.63) is 156 Å². The molecule has 0 atom stereocenters. The van der Waals surface area contributed by atoms with Crippen LogP contribution in [0.2, 0.25) is 0 Å². The molecule has 0 amide bonds. The molecule has 0 aliphatic carbocycles. The van der Waals surface area contributed by atoms with Gasteiger partial charge in [0, 0.05) is 5.56 Å². The van der Waals surface area contributed by atoms with Gasteiger partial charge in [-0.3, -0.25) is 4.79 Å². The first-order chi connectivity index (χ1) is 14.3. The zero-order chi connectivity index (χ0) is 19.9. The van der Waals surface area contributed by atoms with Crippen molar-refractivity contribution in [3.63, 3.8) is 0 Å². The lowest BCUT2D eigenvalue weighted by Crippen LogP contribution is -2.27. The zero-order valence-corrected chi connectivity index (χ0v) is 16.1. The molecule has 0 saturated heterocycles. The minimum Gasteiger partial charge on any atom is -0.289 e. The van der Waals surface area contributed by atoms with E-state index < -0.39 is 5.41 Å². The van der Waals surface area contributed by atoms with Crippen LogP contribution in [-0.2, 0) is 5.41 Å². The maximum Gasteiger partial charge on any atom is 0.185 e. The van der Waals surface area contributed by atoms with Gasteiger partial charge in [-0.1, -0.05) is 127 Å². The number of rotatable bonds is 6. The Labute approximate surface area is 172 Å². The van der Waals surface area contributed by atoms with E-state index in [1.807, 2.05) is 91.0 Å². The van der Waals surface area contributed by atoms with Gasteiger partial charge in [0.25, 0.3) is 0 Å². The van der Waals surface area contributed by atoms with E-state index in [1.165, 1.54) is 0 Å². The second-order valence-corrected chi connectivity index (χ2v) is 6.97. The molecule has 0 aliphatic heterocycles. The van der Waals surface area contributed by atoms with E-state index in [0.29, 0.717) is 5.56 Å². The number of carbonyl (C=O) groups is 1. The quantitative estimate of drug-likeness (QED) is 0.215. The fourth-order valence-corrected chi connectivity index (χ4v) is 3.79. The monoisotopic (exact) mass is 374 g/mol. The van der Waals surface area contributed by atoms with Crippen LogP contribution in [0, 0.1) is 0 Å². The molecule has 0 saturated carbocycles. The van der Waals surface area contributed by atoms with Gasteiger partial charge in [0.1, 0.15) is 0 Å². The molecule has 0 heterocycles. The van der Waals surface area contributed by atoms with Crippen molar-refractivity contribution < 1.29 is 4.79 Å². The van der Waals surface area contributed by atoms with Crippen molar-refractivity contribution >= 4 is 5.78 Å². The lowest BCUT2D eigenvalue weighted by Gasteiger charge is -2.33. The van der Waals surface area contributed by atoms with Crippen LogP contribution >= 0.6 is 0 Å². The summed E-state index contributed by atoms with van der Waals surface area (Å²) in [5.74, 6) is -0.00207. The number of carbonyl (C=O) groups excluding carboxylic acids is 1. The molecule has 4 aromatic carbocycles. The van der Waals surface area contributed by atoms with E-state index in [-0.39, 0.29) is 5.78 Å². The van der Waals surface area contributed by atoms with E-state index in [0.717, 1.165) is 16.7 Å². The average molecular weight is 374 g/mol. The van der Waals surface area contributed by atoms with E-state index in [2.05, 4.69) is 36.4 Å². The van der Waals surface area contributed by atoms with Crippen molar-refractivity contribution in [2.45, 2.75) is 5.41 Å². The molecule has 4 rings (SSSR count). The summed E-state index contributed by atoms with van der Waals surface area (Å²) in [7, 11) is 0. The highest BCUT2D eigenvalue weighted by Gasteiger charge is 2.33. The number of benzene rings is 4. The summed E-state index contributed by atoms with van der Waals surface area (Å²) < 4.78 is 0. The van der Waals surface area contributed by atoms with Gasteiger partial charge in [-0.2, -0.15) is 0 Å². The topological polar surface area (TPSA) is 17.1 Å². The highest BCUT2D eigenvalue weighted by Crippen LogP contribution is 2.40. The molecule has 0 aliphatic rings. The normalized spacial score (nSPS) is 11.4. The maximum absolute atomic E-state index is 12.9. The van der Waals surface area contributed by atoms with Gasteiger partial charge >= 0.3 is 0 Å². The van der Waals surface area contributed by atoms with Crippen molar-refractivity contribution in [2.24, 2.45) is 0 Å². The molecule has 140 valence electrons. The fourth-order valence-electron chi connectivity index (χ4n) is 3.79. The Morgan fingerprint density at radius 2 is 0.862 bits per heavy atom. The van der Waals surface area contributed by atoms with E-state index >= 15 is 0 Å². The summed E-state index contributed by atoms with van der Waals surface area (Å²) in [6, 6.07) is 40.4. The minimum atomic E-state index is -0.561. The second kappa shape index (κ2) is 8.53. The van der Waals surface area contributed by atoms with Gasteiger partial charge < -0.3 is 0 Å². The number of ketones is 1. The number of hydrogen-bond donors (Lipinski definition) is 0. The van der Waals surface area contributed by atoms with Gasteiger partial charge in [0.05, 0.1) is 5.41 Å². The summed E-state index contributed by atoms with van der Waals surface area (Å²) in [5, 5.41) is 0. The van der Waals surface area contributed by atoms with Gasteiger partial charge in [0.2, 0.25) is 0 Å². The van der Waals surface area contributed by atoms with E-state index in [4.69, 9.17) is 0 Å². The van der Waals surface area contributed by atoms with Crippen LogP contribution in [0.1, 0.15) is 27.0 Å². The first-order valence-electron chi connectivity index (χ1n) is 9.76. The van der Waals surface area contributed by atoms with Crippen LogP contribution in [0.3, 0.4) is 0 Å². The van der Waals surface area contributed by atoms with Crippen molar-refractivity contribution in [1.82, 2.24) is 0 Å². The smallest absolute Gasteiger partial charge is 0.185 e. The molecular formula is C28H22O. The first-order valence-corrected chi connectivity index (χ1v) is 9.76. The van der Waals surface area contributed by atoms with Crippen LogP contribution in [0.4, 0.5) is 0 Å². The second-order valence-electron chi connectivity index (χ2n) is 6.97. The predicted molar refractivity (Wildman–Crippen MR) is 119 cm³/mol. The van der Waals surface area contributed by atoms with E-state index in [9.17, 15) is 4.79 Å². The third-order valence-electron chi connectivity index (χ3n) is 5.23. The summed E-state index contributed by atoms with van der Waals surface area (Å²) >= 11 is 0. The molecule has 0 radical (unpaired) electrons. The Morgan fingerprint density at radius 1 is 0.517 bits per heavy atom. The Kier molecular flexibility index (Phi) is 5.49. The predicted octanol–water partition coefficient (Wildman–Crippen LogP) is 6.46. The van der Waals surface area contributed by atoms with Crippen molar-refractivity contribution in [1.29, 1.82) is 0 Å². The van der Waals surface area contributed by atoms with Crippen LogP contribution in [0.15, 0.2) is 133 Å². The number of allylic oxidation sites excluding steroid dienone is 2. The Morgan fingerprint density at radius 3 is 1.24 bits per heavy atom. The van der Waals surface area contributed by atoms with Crippen LogP contribution in [0.5, 0.6) is 0 Å². The van der Waals surface area contributed by atoms with Crippen LogP contribution < -0.4 is 0 Å². The van der Waals surface area contributed by atoms with Crippen LogP contribution in [-0.4, -0.2) is 5.78 Å². The van der Waals surface area contributed by atoms with Crippen LogP contribution in [0.25, 0.3) is 0 Å². The molecule has 1 heteroatoms. The van der Waals surface area contributed by atoms with Crippen molar-refractivity contribution in [3.8, 4) is 0 Å². The molecule has 1 nitrogen and oxygen atoms in total.